The van der Waals surface area contributed by atoms with E-state index in [1.165, 1.54) is 0 Å². The minimum Gasteiger partial charge on any atom is -0.508 e. The first-order valence-electron chi connectivity index (χ1n) is 5.43. The minimum atomic E-state index is 0.235. The summed E-state index contributed by atoms with van der Waals surface area (Å²) in [5.74, 6) is 1.06. The molecule has 0 aromatic heterocycles. The van der Waals surface area contributed by atoms with Crippen molar-refractivity contribution in [3.05, 3.63) is 23.8 Å². The molecule has 3 heteroatoms. The minimum absolute atomic E-state index is 0.235. The van der Waals surface area contributed by atoms with Gasteiger partial charge in [0.15, 0.2) is 0 Å². The van der Waals surface area contributed by atoms with Gasteiger partial charge in [-0.15, -0.1) is 0 Å². The van der Waals surface area contributed by atoms with Crippen LogP contribution < -0.4 is 10.1 Å². The third-order valence-electron chi connectivity index (χ3n) is 2.72. The van der Waals surface area contributed by atoms with Crippen LogP contribution in [0.5, 0.6) is 11.5 Å². The second-order valence-electron chi connectivity index (χ2n) is 4.04. The molecule has 0 bridgehead atoms. The average molecular weight is 207 g/mol. The highest BCUT2D eigenvalue weighted by Crippen LogP contribution is 2.25. The topological polar surface area (TPSA) is 41.5 Å². The van der Waals surface area contributed by atoms with Gasteiger partial charge in [-0.25, -0.2) is 0 Å². The Hall–Kier alpha value is -1.22. The summed E-state index contributed by atoms with van der Waals surface area (Å²) in [7, 11) is 0. The number of aromatic hydroxyl groups is 1. The Morgan fingerprint density at radius 1 is 1.47 bits per heavy atom. The second-order valence-corrected chi connectivity index (χ2v) is 4.04. The van der Waals surface area contributed by atoms with Crippen LogP contribution in [0.25, 0.3) is 0 Å². The number of piperidine rings is 1. The van der Waals surface area contributed by atoms with Crippen molar-refractivity contribution in [1.82, 2.24) is 5.32 Å². The van der Waals surface area contributed by atoms with Crippen molar-refractivity contribution in [3.63, 3.8) is 0 Å². The van der Waals surface area contributed by atoms with E-state index in [1.54, 1.807) is 12.1 Å². The molecule has 1 saturated heterocycles. The molecule has 0 radical (unpaired) electrons. The number of ether oxygens (including phenoxy) is 1. The number of hydrogen-bond donors (Lipinski definition) is 2. The van der Waals surface area contributed by atoms with E-state index in [1.807, 2.05) is 13.0 Å². The van der Waals surface area contributed by atoms with Crippen LogP contribution in [-0.4, -0.2) is 24.3 Å². The number of phenols is 1. The third-order valence-corrected chi connectivity index (χ3v) is 2.72. The zero-order valence-electron chi connectivity index (χ0n) is 8.99. The SMILES string of the molecule is Cc1ccc(O)cc1OC1CCCNC1. The average Bonchev–Trinajstić information content (AvgIpc) is 2.25. The van der Waals surface area contributed by atoms with E-state index in [0.717, 1.165) is 37.2 Å². The van der Waals surface area contributed by atoms with E-state index in [-0.39, 0.29) is 11.9 Å². The summed E-state index contributed by atoms with van der Waals surface area (Å²) >= 11 is 0. The summed E-state index contributed by atoms with van der Waals surface area (Å²) in [4.78, 5) is 0. The molecule has 1 aliphatic heterocycles. The van der Waals surface area contributed by atoms with E-state index in [9.17, 15) is 5.11 Å². The molecule has 1 heterocycles. The molecule has 1 aliphatic rings. The Labute approximate surface area is 90.1 Å². The first kappa shape index (κ1) is 10.3. The van der Waals surface area contributed by atoms with Gasteiger partial charge in [0.1, 0.15) is 17.6 Å². The fourth-order valence-electron chi connectivity index (χ4n) is 1.82. The summed E-state index contributed by atoms with van der Waals surface area (Å²) in [6, 6.07) is 5.24. The quantitative estimate of drug-likeness (QED) is 0.777. The molecule has 1 aromatic rings. The normalized spacial score (nSPS) is 21.3. The maximum atomic E-state index is 9.37. The second kappa shape index (κ2) is 4.53. The summed E-state index contributed by atoms with van der Waals surface area (Å²) in [6.07, 6.45) is 2.48. The molecule has 1 fully saturated rings. The lowest BCUT2D eigenvalue weighted by Crippen LogP contribution is -2.37. The highest BCUT2D eigenvalue weighted by molar-refractivity contribution is 5.39. The Kier molecular flexibility index (Phi) is 3.11. The van der Waals surface area contributed by atoms with Gasteiger partial charge < -0.3 is 15.2 Å². The largest absolute Gasteiger partial charge is 0.508 e. The van der Waals surface area contributed by atoms with Gasteiger partial charge in [0, 0.05) is 12.6 Å². The molecule has 2 rings (SSSR count). The Bertz CT molecular complexity index is 332. The molecule has 1 unspecified atom stereocenters. The van der Waals surface area contributed by atoms with Crippen molar-refractivity contribution in [2.24, 2.45) is 0 Å². The maximum absolute atomic E-state index is 9.37. The van der Waals surface area contributed by atoms with Crippen molar-refractivity contribution >= 4 is 0 Å². The van der Waals surface area contributed by atoms with E-state index in [4.69, 9.17) is 4.74 Å². The van der Waals surface area contributed by atoms with Gasteiger partial charge in [-0.05, 0) is 37.9 Å². The lowest BCUT2D eigenvalue weighted by molar-refractivity contribution is 0.165. The van der Waals surface area contributed by atoms with Gasteiger partial charge in [0.25, 0.3) is 0 Å². The van der Waals surface area contributed by atoms with Crippen LogP contribution in [-0.2, 0) is 0 Å². The van der Waals surface area contributed by atoms with Gasteiger partial charge >= 0.3 is 0 Å². The third kappa shape index (κ3) is 2.63. The van der Waals surface area contributed by atoms with Crippen molar-refractivity contribution in [1.29, 1.82) is 0 Å². The standard InChI is InChI=1S/C12H17NO2/c1-9-4-5-10(14)7-12(9)15-11-3-2-6-13-8-11/h4-5,7,11,13-14H,2-3,6,8H2,1H3. The van der Waals surface area contributed by atoms with Crippen molar-refractivity contribution < 1.29 is 9.84 Å². The highest BCUT2D eigenvalue weighted by atomic mass is 16.5. The summed E-state index contributed by atoms with van der Waals surface area (Å²) in [6.45, 7) is 3.97. The van der Waals surface area contributed by atoms with E-state index >= 15 is 0 Å². The van der Waals surface area contributed by atoms with Gasteiger partial charge in [-0.1, -0.05) is 6.07 Å². The number of nitrogens with one attached hydrogen (secondary N) is 1. The molecule has 0 spiro atoms. The Balaban J connectivity index is 2.05. The fraction of sp³-hybridized carbons (Fsp3) is 0.500. The van der Waals surface area contributed by atoms with Gasteiger partial charge in [-0.2, -0.15) is 0 Å². The van der Waals surface area contributed by atoms with E-state index in [2.05, 4.69) is 5.32 Å². The van der Waals surface area contributed by atoms with Gasteiger partial charge in [-0.3, -0.25) is 0 Å². The molecule has 82 valence electrons. The zero-order valence-corrected chi connectivity index (χ0v) is 8.99. The summed E-state index contributed by atoms with van der Waals surface area (Å²) < 4.78 is 5.84. The molecule has 0 aliphatic carbocycles. The number of rotatable bonds is 2. The molecule has 0 saturated carbocycles. The first-order valence-corrected chi connectivity index (χ1v) is 5.43. The van der Waals surface area contributed by atoms with Gasteiger partial charge in [0.2, 0.25) is 0 Å². The Morgan fingerprint density at radius 2 is 2.33 bits per heavy atom. The van der Waals surface area contributed by atoms with Crippen molar-refractivity contribution in [2.45, 2.75) is 25.9 Å². The molecule has 3 nitrogen and oxygen atoms in total. The van der Waals surface area contributed by atoms with E-state index < -0.39 is 0 Å². The molecule has 1 atom stereocenters. The highest BCUT2D eigenvalue weighted by Gasteiger charge is 2.15. The molecule has 2 N–H and O–H groups in total. The predicted molar refractivity (Wildman–Crippen MR) is 59.4 cm³/mol. The van der Waals surface area contributed by atoms with Crippen LogP contribution in [0.1, 0.15) is 18.4 Å². The summed E-state index contributed by atoms with van der Waals surface area (Å²) in [5, 5.41) is 12.7. The lowest BCUT2D eigenvalue weighted by Gasteiger charge is -2.24. The first-order chi connectivity index (χ1) is 7.25. The molecule has 15 heavy (non-hydrogen) atoms. The van der Waals surface area contributed by atoms with Crippen molar-refractivity contribution in [3.8, 4) is 11.5 Å². The van der Waals surface area contributed by atoms with Crippen LogP contribution in [0.2, 0.25) is 0 Å². The van der Waals surface area contributed by atoms with Gasteiger partial charge in [0.05, 0.1) is 0 Å². The van der Waals surface area contributed by atoms with E-state index in [0.29, 0.717) is 0 Å². The predicted octanol–water partition coefficient (Wildman–Crippen LogP) is 1.83. The van der Waals surface area contributed by atoms with Crippen LogP contribution in [0.4, 0.5) is 0 Å². The van der Waals surface area contributed by atoms with Crippen LogP contribution in [0.3, 0.4) is 0 Å². The van der Waals surface area contributed by atoms with Crippen molar-refractivity contribution in [2.75, 3.05) is 13.1 Å². The Morgan fingerprint density at radius 3 is 3.07 bits per heavy atom. The fourth-order valence-corrected chi connectivity index (χ4v) is 1.82. The number of aryl methyl sites for hydroxylation is 1. The van der Waals surface area contributed by atoms with Crippen LogP contribution in [0.15, 0.2) is 18.2 Å². The lowest BCUT2D eigenvalue weighted by atomic mass is 10.1. The molecular formula is C12H17NO2. The van der Waals surface area contributed by atoms with Crippen LogP contribution in [0, 0.1) is 6.92 Å². The summed E-state index contributed by atoms with van der Waals surface area (Å²) in [5.41, 5.74) is 1.07. The molecule has 0 amide bonds. The molecular weight excluding hydrogens is 190 g/mol. The maximum Gasteiger partial charge on any atom is 0.126 e. The monoisotopic (exact) mass is 207 g/mol. The number of phenolic OH excluding ortho intramolecular Hbond substituents is 1. The van der Waals surface area contributed by atoms with Crippen LogP contribution >= 0.6 is 0 Å². The number of benzene rings is 1. The number of hydrogen-bond acceptors (Lipinski definition) is 3. The zero-order chi connectivity index (χ0) is 10.7. The smallest absolute Gasteiger partial charge is 0.126 e. The molecule has 1 aromatic carbocycles.